The normalized spacial score (nSPS) is 19.4. The summed E-state index contributed by atoms with van der Waals surface area (Å²) >= 11 is 0. The number of fused-ring (bicyclic) bond motifs is 1. The Bertz CT molecular complexity index is 1160. The molecule has 0 saturated carbocycles. The van der Waals surface area contributed by atoms with Crippen LogP contribution >= 0.6 is 0 Å². The Morgan fingerprint density at radius 2 is 1.68 bits per heavy atom. The van der Waals surface area contributed by atoms with E-state index in [4.69, 9.17) is 4.84 Å². The molecule has 0 spiro atoms. The summed E-state index contributed by atoms with van der Waals surface area (Å²) in [6.45, 7) is 3.91. The number of carbonyl (C=O) groups excluding carboxylic acids is 3. The second-order valence-corrected chi connectivity index (χ2v) is 9.66. The Balaban J connectivity index is 1.61. The molecule has 9 heteroatoms. The molecule has 0 bridgehead atoms. The van der Waals surface area contributed by atoms with Crippen LogP contribution in [0, 0.1) is 6.92 Å². The van der Waals surface area contributed by atoms with Crippen LogP contribution in [0.25, 0.3) is 0 Å². The third-order valence-corrected chi connectivity index (χ3v) is 7.72. The number of sulfonamides is 1. The van der Waals surface area contributed by atoms with E-state index in [0.29, 0.717) is 17.2 Å². The predicted octanol–water partition coefficient (Wildman–Crippen LogP) is 2.93. The van der Waals surface area contributed by atoms with Gasteiger partial charge in [-0.15, -0.1) is 0 Å². The number of hydrogen-bond acceptors (Lipinski definition) is 6. The quantitative estimate of drug-likeness (QED) is 0.675. The van der Waals surface area contributed by atoms with Crippen LogP contribution in [0.15, 0.2) is 47.4 Å². The van der Waals surface area contributed by atoms with Gasteiger partial charge < -0.3 is 4.84 Å². The molecule has 1 atom stereocenters. The minimum atomic E-state index is -3.80. The van der Waals surface area contributed by atoms with Gasteiger partial charge in [0.15, 0.2) is 0 Å². The van der Waals surface area contributed by atoms with E-state index in [1.807, 2.05) is 6.92 Å². The average Bonchev–Trinajstić information content (AvgIpc) is 2.99. The summed E-state index contributed by atoms with van der Waals surface area (Å²) in [5.74, 6) is -2.45. The van der Waals surface area contributed by atoms with E-state index in [1.165, 1.54) is 34.6 Å². The van der Waals surface area contributed by atoms with Crippen molar-refractivity contribution < 1.29 is 27.6 Å². The zero-order chi connectivity index (χ0) is 22.3. The Morgan fingerprint density at radius 3 is 2.29 bits per heavy atom. The first kappa shape index (κ1) is 21.2. The van der Waals surface area contributed by atoms with Crippen molar-refractivity contribution in [2.45, 2.75) is 44.0 Å². The number of hydrogen-bond donors (Lipinski definition) is 0. The van der Waals surface area contributed by atoms with Gasteiger partial charge in [0.1, 0.15) is 0 Å². The van der Waals surface area contributed by atoms with Crippen molar-refractivity contribution in [1.29, 1.82) is 0 Å². The molecular weight excluding hydrogens is 420 g/mol. The van der Waals surface area contributed by atoms with E-state index in [2.05, 4.69) is 0 Å². The van der Waals surface area contributed by atoms with Crippen molar-refractivity contribution >= 4 is 27.8 Å². The molecule has 2 amide bonds. The van der Waals surface area contributed by atoms with Gasteiger partial charge in [0.05, 0.1) is 21.6 Å². The number of aryl methyl sites for hydroxylation is 1. The van der Waals surface area contributed by atoms with Crippen molar-refractivity contribution in [3.8, 4) is 0 Å². The third-order valence-electron chi connectivity index (χ3n) is 5.71. The van der Waals surface area contributed by atoms with E-state index in [1.54, 1.807) is 19.1 Å². The van der Waals surface area contributed by atoms with Gasteiger partial charge in [-0.2, -0.15) is 4.31 Å². The molecule has 1 saturated heterocycles. The smallest absolute Gasteiger partial charge is 0.324 e. The van der Waals surface area contributed by atoms with Crippen LogP contribution in [0.4, 0.5) is 0 Å². The number of carbonyl (C=O) groups is 3. The second-order valence-electron chi connectivity index (χ2n) is 7.77. The molecule has 162 valence electrons. The maximum Gasteiger partial charge on any atom is 0.364 e. The number of piperidine rings is 1. The van der Waals surface area contributed by atoms with Crippen molar-refractivity contribution in [2.24, 2.45) is 0 Å². The average molecular weight is 442 g/mol. The molecule has 2 aromatic carbocycles. The number of rotatable bonds is 4. The summed E-state index contributed by atoms with van der Waals surface area (Å²) in [6, 6.07) is 10.2. The highest BCUT2D eigenvalue weighted by Gasteiger charge is 2.39. The molecular formula is C22H22N2O6S. The molecule has 1 unspecified atom stereocenters. The van der Waals surface area contributed by atoms with Crippen LogP contribution in [-0.2, 0) is 14.9 Å². The number of benzene rings is 2. The number of amides is 2. The first-order valence-electron chi connectivity index (χ1n) is 10.0. The summed E-state index contributed by atoms with van der Waals surface area (Å²) < 4.78 is 27.7. The fourth-order valence-electron chi connectivity index (χ4n) is 3.93. The lowest BCUT2D eigenvalue weighted by molar-refractivity contribution is -0.0585. The van der Waals surface area contributed by atoms with E-state index in [9.17, 15) is 22.8 Å². The molecule has 31 heavy (non-hydrogen) atoms. The SMILES string of the molecule is Cc1ccc(S(=O)(=O)N2CCCCC2C)cc1C(=O)ON1C(=O)c2ccccc2C1=O. The first-order chi connectivity index (χ1) is 14.7. The lowest BCUT2D eigenvalue weighted by Gasteiger charge is -2.32. The van der Waals surface area contributed by atoms with E-state index in [-0.39, 0.29) is 27.6 Å². The molecule has 0 N–H and O–H groups in total. The van der Waals surface area contributed by atoms with Crippen LogP contribution in [-0.4, -0.2) is 48.2 Å². The highest BCUT2D eigenvalue weighted by Crippen LogP contribution is 2.28. The maximum absolute atomic E-state index is 13.1. The van der Waals surface area contributed by atoms with E-state index in [0.717, 1.165) is 19.3 Å². The van der Waals surface area contributed by atoms with E-state index >= 15 is 0 Å². The molecule has 4 rings (SSSR count). The zero-order valence-corrected chi connectivity index (χ0v) is 18.0. The van der Waals surface area contributed by atoms with Crippen molar-refractivity contribution in [3.63, 3.8) is 0 Å². The molecule has 2 aliphatic heterocycles. The first-order valence-corrected chi connectivity index (χ1v) is 11.5. The summed E-state index contributed by atoms with van der Waals surface area (Å²) in [6.07, 6.45) is 2.53. The summed E-state index contributed by atoms with van der Waals surface area (Å²) in [5, 5.41) is 0.417. The standard InChI is InChI=1S/C22H22N2O6S/c1-14-10-11-16(31(28,29)23-12-6-5-7-15(23)2)13-19(14)22(27)30-24-20(25)17-8-3-4-9-18(17)21(24)26/h3-4,8-11,13,15H,5-7,12H2,1-2H3. The van der Waals surface area contributed by atoms with Crippen LogP contribution in [0.2, 0.25) is 0 Å². The molecule has 1 fully saturated rings. The minimum Gasteiger partial charge on any atom is -0.324 e. The van der Waals surface area contributed by atoms with Crippen LogP contribution < -0.4 is 0 Å². The monoisotopic (exact) mass is 442 g/mol. The molecule has 0 aliphatic carbocycles. The Morgan fingerprint density at radius 1 is 1.03 bits per heavy atom. The summed E-state index contributed by atoms with van der Waals surface area (Å²) in [4.78, 5) is 42.8. The number of imide groups is 1. The highest BCUT2D eigenvalue weighted by atomic mass is 32.2. The largest absolute Gasteiger partial charge is 0.364 e. The third kappa shape index (κ3) is 3.64. The van der Waals surface area contributed by atoms with Gasteiger partial charge in [-0.3, -0.25) is 9.59 Å². The summed E-state index contributed by atoms with van der Waals surface area (Å²) in [5.41, 5.74) is 0.731. The molecule has 2 aromatic rings. The minimum absolute atomic E-state index is 0.0257. The number of hydroxylamine groups is 2. The summed E-state index contributed by atoms with van der Waals surface area (Å²) in [7, 11) is -3.80. The van der Waals surface area contributed by atoms with Gasteiger partial charge >= 0.3 is 5.97 Å². The van der Waals surface area contributed by atoms with Gasteiger partial charge in [-0.25, -0.2) is 13.2 Å². The zero-order valence-electron chi connectivity index (χ0n) is 17.2. The lowest BCUT2D eigenvalue weighted by atomic mass is 10.1. The number of nitrogens with zero attached hydrogens (tertiary/aromatic N) is 2. The van der Waals surface area contributed by atoms with Gasteiger partial charge in [-0.05, 0) is 56.5 Å². The van der Waals surface area contributed by atoms with Crippen molar-refractivity contribution in [3.05, 3.63) is 64.7 Å². The molecule has 2 aliphatic rings. The van der Waals surface area contributed by atoms with Gasteiger partial charge in [0.2, 0.25) is 10.0 Å². The van der Waals surface area contributed by atoms with Crippen LogP contribution in [0.1, 0.15) is 62.8 Å². The Hall–Kier alpha value is -3.04. The Kier molecular flexibility index (Phi) is 5.40. The fourth-order valence-corrected chi connectivity index (χ4v) is 5.65. The Labute approximate surface area is 180 Å². The van der Waals surface area contributed by atoms with Gasteiger partial charge in [0, 0.05) is 12.6 Å². The second kappa shape index (κ2) is 7.90. The highest BCUT2D eigenvalue weighted by molar-refractivity contribution is 7.89. The molecule has 8 nitrogen and oxygen atoms in total. The lowest BCUT2D eigenvalue weighted by Crippen LogP contribution is -2.42. The predicted molar refractivity (Wildman–Crippen MR) is 111 cm³/mol. The maximum atomic E-state index is 13.1. The molecule has 0 aromatic heterocycles. The van der Waals surface area contributed by atoms with Crippen molar-refractivity contribution in [1.82, 2.24) is 9.37 Å². The van der Waals surface area contributed by atoms with Crippen LogP contribution in [0.5, 0.6) is 0 Å². The van der Waals surface area contributed by atoms with Crippen LogP contribution in [0.3, 0.4) is 0 Å². The topological polar surface area (TPSA) is 101 Å². The molecule has 0 radical (unpaired) electrons. The fraction of sp³-hybridized carbons (Fsp3) is 0.318. The van der Waals surface area contributed by atoms with Gasteiger partial charge in [0.25, 0.3) is 11.8 Å². The van der Waals surface area contributed by atoms with Crippen molar-refractivity contribution in [2.75, 3.05) is 6.54 Å². The van der Waals surface area contributed by atoms with E-state index < -0.39 is 27.8 Å². The molecule has 2 heterocycles. The van der Waals surface area contributed by atoms with Gasteiger partial charge in [-0.1, -0.05) is 29.7 Å².